The van der Waals surface area contributed by atoms with Crippen LogP contribution >= 0.6 is 46.4 Å². The molecule has 12 heteroatoms. The number of hydrogen-bond donors (Lipinski definition) is 2. The van der Waals surface area contributed by atoms with Crippen molar-refractivity contribution < 1.29 is 9.59 Å². The van der Waals surface area contributed by atoms with Gasteiger partial charge in [-0.25, -0.2) is 10.9 Å². The Morgan fingerprint density at radius 1 is 0.611 bits per heavy atom. The minimum Gasteiger partial charge on any atom is -0.369 e. The van der Waals surface area contributed by atoms with Crippen molar-refractivity contribution in [2.24, 2.45) is 10.2 Å². The van der Waals surface area contributed by atoms with Gasteiger partial charge in [0.2, 0.25) is 0 Å². The minimum atomic E-state index is -0.941. The molecule has 0 aliphatic rings. The number of rotatable bonds is 14. The average molecular weight is 574 g/mol. The Bertz CT molecular complexity index is 909. The summed E-state index contributed by atoms with van der Waals surface area (Å²) < 4.78 is 0. The van der Waals surface area contributed by atoms with Crippen LogP contribution in [0, 0.1) is 0 Å². The molecule has 0 bridgehead atoms. The van der Waals surface area contributed by atoms with Crippen LogP contribution in [-0.2, 0) is 9.59 Å². The van der Waals surface area contributed by atoms with Gasteiger partial charge >= 0.3 is 11.8 Å². The fourth-order valence-corrected chi connectivity index (χ4v) is 3.94. The number of nitrogens with one attached hydrogen (secondary N) is 2. The highest BCUT2D eigenvalue weighted by Gasteiger charge is 2.11. The lowest BCUT2D eigenvalue weighted by Gasteiger charge is -2.22. The van der Waals surface area contributed by atoms with Gasteiger partial charge in [0.1, 0.15) is 0 Å². The molecule has 194 valence electrons. The van der Waals surface area contributed by atoms with E-state index < -0.39 is 11.8 Å². The van der Waals surface area contributed by atoms with Crippen LogP contribution in [0.5, 0.6) is 0 Å². The maximum atomic E-state index is 11.9. The van der Waals surface area contributed by atoms with Crippen LogP contribution in [-0.4, -0.2) is 73.9 Å². The van der Waals surface area contributed by atoms with Gasteiger partial charge in [-0.2, -0.15) is 10.2 Å². The molecule has 0 unspecified atom stereocenters. The van der Waals surface area contributed by atoms with Crippen molar-refractivity contribution in [2.45, 2.75) is 0 Å². The van der Waals surface area contributed by atoms with E-state index in [9.17, 15) is 9.59 Å². The first-order valence-electron chi connectivity index (χ1n) is 11.1. The summed E-state index contributed by atoms with van der Waals surface area (Å²) >= 11 is 23.4. The lowest BCUT2D eigenvalue weighted by atomic mass is 10.2. The van der Waals surface area contributed by atoms with E-state index in [0.29, 0.717) is 49.7 Å². The van der Waals surface area contributed by atoms with Gasteiger partial charge in [0.05, 0.1) is 12.4 Å². The van der Waals surface area contributed by atoms with Crippen molar-refractivity contribution in [1.82, 2.24) is 10.9 Å². The summed E-state index contributed by atoms with van der Waals surface area (Å²) in [5, 5.41) is 7.63. The van der Waals surface area contributed by atoms with Crippen molar-refractivity contribution in [1.29, 1.82) is 0 Å². The smallest absolute Gasteiger partial charge is 0.331 e. The second-order valence-electron chi connectivity index (χ2n) is 7.31. The molecule has 0 aliphatic carbocycles. The normalized spacial score (nSPS) is 11.1. The molecule has 0 fully saturated rings. The molecule has 0 heterocycles. The topological polar surface area (TPSA) is 89.4 Å². The first kappa shape index (κ1) is 29.7. The highest BCUT2D eigenvalue weighted by Crippen LogP contribution is 2.16. The summed E-state index contributed by atoms with van der Waals surface area (Å²) in [6.45, 7) is 2.73. The molecule has 2 aromatic rings. The zero-order valence-electron chi connectivity index (χ0n) is 19.5. The molecule has 0 aromatic heterocycles. The van der Waals surface area contributed by atoms with Crippen molar-refractivity contribution >= 4 is 82.0 Å². The molecule has 0 atom stereocenters. The maximum Gasteiger partial charge on any atom is 0.331 e. The molecular formula is C24H28Cl4N6O2. The van der Waals surface area contributed by atoms with Gasteiger partial charge in [-0.05, 0) is 35.4 Å². The summed E-state index contributed by atoms with van der Waals surface area (Å²) in [5.74, 6) is 0.0911. The first-order chi connectivity index (χ1) is 17.5. The van der Waals surface area contributed by atoms with Gasteiger partial charge in [-0.1, -0.05) is 24.3 Å². The van der Waals surface area contributed by atoms with E-state index in [4.69, 9.17) is 46.4 Å². The maximum absolute atomic E-state index is 11.9. The Morgan fingerprint density at radius 3 is 1.19 bits per heavy atom. The number of alkyl halides is 4. The van der Waals surface area contributed by atoms with E-state index >= 15 is 0 Å². The third-order valence-electron chi connectivity index (χ3n) is 4.90. The Labute approximate surface area is 231 Å². The first-order valence-corrected chi connectivity index (χ1v) is 13.3. The molecule has 0 saturated heterocycles. The van der Waals surface area contributed by atoms with Crippen molar-refractivity contribution in [3.8, 4) is 0 Å². The Hall–Kier alpha value is -2.52. The third kappa shape index (κ3) is 10.2. The third-order valence-corrected chi connectivity index (χ3v) is 5.58. The minimum absolute atomic E-state index is 0.493. The molecule has 36 heavy (non-hydrogen) atoms. The second kappa shape index (κ2) is 17.0. The number of carbonyl (C=O) groups is 2. The van der Waals surface area contributed by atoms with Crippen LogP contribution in [0.2, 0.25) is 0 Å². The Kier molecular flexibility index (Phi) is 14.1. The molecule has 8 nitrogen and oxygen atoms in total. The fourth-order valence-electron chi connectivity index (χ4n) is 3.12. The quantitative estimate of drug-likeness (QED) is 0.155. The number of carbonyl (C=O) groups excluding carboxylic acids is 2. The Morgan fingerprint density at radius 2 is 0.917 bits per heavy atom. The van der Waals surface area contributed by atoms with Gasteiger partial charge in [0, 0.05) is 61.1 Å². The van der Waals surface area contributed by atoms with Crippen LogP contribution in [0.15, 0.2) is 58.7 Å². The van der Waals surface area contributed by atoms with Crippen LogP contribution in [0.4, 0.5) is 11.4 Å². The predicted molar refractivity (Wildman–Crippen MR) is 152 cm³/mol. The van der Waals surface area contributed by atoms with E-state index in [0.717, 1.165) is 22.5 Å². The molecule has 0 radical (unpaired) electrons. The van der Waals surface area contributed by atoms with E-state index in [1.54, 1.807) is 0 Å². The zero-order valence-corrected chi connectivity index (χ0v) is 22.6. The van der Waals surface area contributed by atoms with Crippen molar-refractivity contribution in [3.63, 3.8) is 0 Å². The molecule has 0 saturated carbocycles. The number of nitrogens with zero attached hydrogens (tertiary/aromatic N) is 4. The zero-order chi connectivity index (χ0) is 26.2. The second-order valence-corrected chi connectivity index (χ2v) is 8.82. The van der Waals surface area contributed by atoms with E-state index in [2.05, 4.69) is 30.9 Å². The van der Waals surface area contributed by atoms with Gasteiger partial charge in [-0.15, -0.1) is 46.4 Å². The summed E-state index contributed by atoms with van der Waals surface area (Å²) in [5.41, 5.74) is 7.79. The number of benzene rings is 2. The van der Waals surface area contributed by atoms with Crippen LogP contribution in [0.1, 0.15) is 11.1 Å². The van der Waals surface area contributed by atoms with Gasteiger partial charge in [0.15, 0.2) is 0 Å². The van der Waals surface area contributed by atoms with Crippen LogP contribution in [0.3, 0.4) is 0 Å². The SMILES string of the molecule is O=C(NN=Cc1ccc(N(CCCl)CCCl)cc1)C(=O)NN=Cc1ccc(N(CCCl)CCCl)cc1. The van der Waals surface area contributed by atoms with Crippen LogP contribution in [0.25, 0.3) is 0 Å². The molecular weight excluding hydrogens is 546 g/mol. The number of hydrazone groups is 2. The largest absolute Gasteiger partial charge is 0.369 e. The fraction of sp³-hybridized carbons (Fsp3) is 0.333. The number of anilines is 2. The summed E-state index contributed by atoms with van der Waals surface area (Å²) in [6.07, 6.45) is 2.87. The highest BCUT2D eigenvalue weighted by atomic mass is 35.5. The van der Waals surface area contributed by atoms with Crippen molar-refractivity contribution in [2.75, 3.05) is 59.5 Å². The summed E-state index contributed by atoms with van der Waals surface area (Å²) in [6, 6.07) is 15.0. The molecule has 0 spiro atoms. The van der Waals surface area contributed by atoms with Gasteiger partial charge in [0.25, 0.3) is 0 Å². The molecule has 0 aliphatic heterocycles. The summed E-state index contributed by atoms with van der Waals surface area (Å²) in [7, 11) is 0. The van der Waals surface area contributed by atoms with E-state index in [1.807, 2.05) is 48.5 Å². The Balaban J connectivity index is 1.83. The lowest BCUT2D eigenvalue weighted by Crippen LogP contribution is -2.35. The molecule has 2 aromatic carbocycles. The number of amides is 2. The summed E-state index contributed by atoms with van der Waals surface area (Å²) in [4.78, 5) is 28.0. The molecule has 2 amide bonds. The van der Waals surface area contributed by atoms with Crippen molar-refractivity contribution in [3.05, 3.63) is 59.7 Å². The average Bonchev–Trinajstić information content (AvgIpc) is 2.89. The monoisotopic (exact) mass is 572 g/mol. The van der Waals surface area contributed by atoms with Gasteiger partial charge < -0.3 is 9.80 Å². The lowest BCUT2D eigenvalue weighted by molar-refractivity contribution is -0.139. The number of halogens is 4. The molecule has 2 rings (SSSR count). The van der Waals surface area contributed by atoms with Gasteiger partial charge in [-0.3, -0.25) is 9.59 Å². The highest BCUT2D eigenvalue weighted by molar-refractivity contribution is 6.35. The predicted octanol–water partition coefficient (Wildman–Crippen LogP) is 3.86. The van der Waals surface area contributed by atoms with E-state index in [-0.39, 0.29) is 0 Å². The number of hydrogen-bond acceptors (Lipinski definition) is 6. The standard InChI is InChI=1S/C24H28Cl4N6O2/c25-9-13-33(14-10-26)21-5-1-19(2-6-21)17-29-31-23(35)24(36)32-30-18-20-3-7-22(8-4-20)34(15-11-27)16-12-28/h1-8,17-18H,9-16H2,(H,31,35)(H,32,36). The molecule has 2 N–H and O–H groups in total. The van der Waals surface area contributed by atoms with E-state index in [1.165, 1.54) is 12.4 Å². The van der Waals surface area contributed by atoms with Crippen LogP contribution < -0.4 is 20.7 Å².